The van der Waals surface area contributed by atoms with Gasteiger partial charge in [-0.3, -0.25) is 19.7 Å². The fourth-order valence-corrected chi connectivity index (χ4v) is 2.41. The summed E-state index contributed by atoms with van der Waals surface area (Å²) in [6.45, 7) is 0.0957. The molecule has 2 aromatic heterocycles. The number of H-pyrrole nitrogens is 1. The third-order valence-electron chi connectivity index (χ3n) is 3.33. The molecule has 0 fully saturated rings. The second-order valence-corrected chi connectivity index (χ2v) is 4.65. The van der Waals surface area contributed by atoms with Gasteiger partial charge >= 0.3 is 0 Å². The number of aromatic nitrogens is 5. The number of nitrogens with zero attached hydrogens (tertiary/aromatic N) is 6. The van der Waals surface area contributed by atoms with E-state index in [1.807, 2.05) is 30.3 Å². The van der Waals surface area contributed by atoms with Crippen molar-refractivity contribution < 1.29 is 4.79 Å². The average Bonchev–Trinajstić information content (AvgIpc) is 3.09. The van der Waals surface area contributed by atoms with Gasteiger partial charge in [0.2, 0.25) is 0 Å². The molecule has 8 heteroatoms. The van der Waals surface area contributed by atoms with Gasteiger partial charge in [0.25, 0.3) is 11.9 Å². The van der Waals surface area contributed by atoms with E-state index in [4.69, 9.17) is 0 Å². The van der Waals surface area contributed by atoms with E-state index in [2.05, 4.69) is 25.1 Å². The number of hydrogen-bond acceptors (Lipinski definition) is 6. The van der Waals surface area contributed by atoms with Gasteiger partial charge in [-0.2, -0.15) is 0 Å². The molecule has 3 aromatic rings. The minimum Gasteiger partial charge on any atom is -0.281 e. The zero-order chi connectivity index (χ0) is 14.9. The number of amides is 1. The molecular formula is C14H11N7O. The number of carbonyl (C=O) groups excluding carboxylic acids is 1. The summed E-state index contributed by atoms with van der Waals surface area (Å²) in [5.41, 5.74) is 0.754. The van der Waals surface area contributed by atoms with Crippen molar-refractivity contribution in [3.05, 3.63) is 49.1 Å². The number of anilines is 4. The summed E-state index contributed by atoms with van der Waals surface area (Å²) in [6, 6.07) is 9.37. The summed E-state index contributed by atoms with van der Waals surface area (Å²) in [4.78, 5) is 28.6. The van der Waals surface area contributed by atoms with Crippen LogP contribution in [-0.2, 0) is 4.79 Å². The van der Waals surface area contributed by atoms with Crippen LogP contribution in [0.4, 0.5) is 23.3 Å². The molecule has 1 N–H and O–H groups in total. The van der Waals surface area contributed by atoms with E-state index in [0.29, 0.717) is 17.6 Å². The van der Waals surface area contributed by atoms with Gasteiger partial charge < -0.3 is 0 Å². The zero-order valence-corrected chi connectivity index (χ0v) is 11.4. The minimum absolute atomic E-state index is 0.0957. The van der Waals surface area contributed by atoms with Crippen molar-refractivity contribution in [2.24, 2.45) is 0 Å². The highest BCUT2D eigenvalue weighted by Gasteiger charge is 2.34. The molecule has 1 aliphatic rings. The SMILES string of the molecule is O=C1CN(c2nc[nH]n2)c2nccnc2N1c1ccccc1. The Morgan fingerprint density at radius 2 is 1.77 bits per heavy atom. The molecule has 0 radical (unpaired) electrons. The molecule has 0 unspecified atom stereocenters. The topological polar surface area (TPSA) is 90.9 Å². The van der Waals surface area contributed by atoms with Crippen molar-refractivity contribution in [1.82, 2.24) is 25.1 Å². The number of carbonyl (C=O) groups is 1. The number of para-hydroxylation sites is 1. The van der Waals surface area contributed by atoms with E-state index in [-0.39, 0.29) is 12.5 Å². The van der Waals surface area contributed by atoms with Crippen LogP contribution >= 0.6 is 0 Å². The van der Waals surface area contributed by atoms with E-state index in [0.717, 1.165) is 5.69 Å². The van der Waals surface area contributed by atoms with Crippen LogP contribution in [0.3, 0.4) is 0 Å². The maximum atomic E-state index is 12.6. The lowest BCUT2D eigenvalue weighted by Crippen LogP contribution is -2.42. The lowest BCUT2D eigenvalue weighted by atomic mass is 10.2. The van der Waals surface area contributed by atoms with Crippen molar-refractivity contribution in [3.8, 4) is 0 Å². The third kappa shape index (κ3) is 1.89. The first kappa shape index (κ1) is 12.5. The van der Waals surface area contributed by atoms with E-state index in [1.54, 1.807) is 22.2 Å². The minimum atomic E-state index is -0.121. The molecule has 4 rings (SSSR count). The molecular weight excluding hydrogens is 282 g/mol. The average molecular weight is 293 g/mol. The summed E-state index contributed by atoms with van der Waals surface area (Å²) in [7, 11) is 0. The van der Waals surface area contributed by atoms with E-state index in [9.17, 15) is 4.79 Å². The highest BCUT2D eigenvalue weighted by atomic mass is 16.2. The summed E-state index contributed by atoms with van der Waals surface area (Å²) < 4.78 is 0. The van der Waals surface area contributed by atoms with Crippen molar-refractivity contribution in [1.29, 1.82) is 0 Å². The Labute approximate surface area is 125 Å². The second kappa shape index (κ2) is 4.92. The second-order valence-electron chi connectivity index (χ2n) is 4.65. The summed E-state index contributed by atoms with van der Waals surface area (Å²) in [5, 5.41) is 6.66. The predicted octanol–water partition coefficient (Wildman–Crippen LogP) is 1.41. The molecule has 108 valence electrons. The largest absolute Gasteiger partial charge is 0.281 e. The van der Waals surface area contributed by atoms with Crippen molar-refractivity contribution in [3.63, 3.8) is 0 Å². The molecule has 1 aromatic carbocycles. The monoisotopic (exact) mass is 293 g/mol. The Kier molecular flexibility index (Phi) is 2.78. The first-order valence-electron chi connectivity index (χ1n) is 6.67. The third-order valence-corrected chi connectivity index (χ3v) is 3.33. The molecule has 0 spiro atoms. The Hall–Kier alpha value is -3.29. The first-order valence-corrected chi connectivity index (χ1v) is 6.67. The van der Waals surface area contributed by atoms with E-state index >= 15 is 0 Å². The molecule has 1 aliphatic heterocycles. The van der Waals surface area contributed by atoms with Crippen LogP contribution < -0.4 is 9.80 Å². The molecule has 0 aliphatic carbocycles. The molecule has 0 bridgehead atoms. The molecule has 0 atom stereocenters. The summed E-state index contributed by atoms with van der Waals surface area (Å²) >= 11 is 0. The number of aromatic amines is 1. The van der Waals surface area contributed by atoms with Crippen LogP contribution in [0.5, 0.6) is 0 Å². The van der Waals surface area contributed by atoms with E-state index < -0.39 is 0 Å². The van der Waals surface area contributed by atoms with Gasteiger partial charge in [0, 0.05) is 12.4 Å². The summed E-state index contributed by atoms with van der Waals surface area (Å²) in [6.07, 6.45) is 4.60. The van der Waals surface area contributed by atoms with Gasteiger partial charge in [-0.05, 0) is 12.1 Å². The van der Waals surface area contributed by atoms with Gasteiger partial charge in [-0.15, -0.1) is 5.10 Å². The lowest BCUT2D eigenvalue weighted by molar-refractivity contribution is -0.116. The van der Waals surface area contributed by atoms with Gasteiger partial charge in [-0.1, -0.05) is 18.2 Å². The maximum absolute atomic E-state index is 12.6. The van der Waals surface area contributed by atoms with E-state index in [1.165, 1.54) is 6.33 Å². The van der Waals surface area contributed by atoms with Crippen molar-refractivity contribution in [2.75, 3.05) is 16.3 Å². The predicted molar refractivity (Wildman–Crippen MR) is 79.0 cm³/mol. The maximum Gasteiger partial charge on any atom is 0.252 e. The zero-order valence-electron chi connectivity index (χ0n) is 11.4. The molecule has 0 saturated heterocycles. The molecule has 1 amide bonds. The number of benzene rings is 1. The van der Waals surface area contributed by atoms with Crippen LogP contribution in [0.2, 0.25) is 0 Å². The standard InChI is InChI=1S/C14H11N7O/c22-11-8-20(14-17-9-18-19-14)12-13(16-7-6-15-12)21(11)10-4-2-1-3-5-10/h1-7,9H,8H2,(H,17,18,19). The quantitative estimate of drug-likeness (QED) is 0.768. The Balaban J connectivity index is 1.86. The normalized spacial score (nSPS) is 14.1. The van der Waals surface area contributed by atoms with Gasteiger partial charge in [-0.25, -0.2) is 15.0 Å². The van der Waals surface area contributed by atoms with Crippen LogP contribution in [0, 0.1) is 0 Å². The Morgan fingerprint density at radius 1 is 1.00 bits per heavy atom. The molecule has 22 heavy (non-hydrogen) atoms. The molecule has 3 heterocycles. The fraction of sp³-hybridized carbons (Fsp3) is 0.0714. The smallest absolute Gasteiger partial charge is 0.252 e. The Bertz CT molecular complexity index is 803. The fourth-order valence-electron chi connectivity index (χ4n) is 2.41. The first-order chi connectivity index (χ1) is 10.8. The highest BCUT2D eigenvalue weighted by Crippen LogP contribution is 2.36. The number of fused-ring (bicyclic) bond motifs is 1. The number of nitrogens with one attached hydrogen (secondary N) is 1. The number of rotatable bonds is 2. The van der Waals surface area contributed by atoms with Crippen molar-refractivity contribution in [2.45, 2.75) is 0 Å². The van der Waals surface area contributed by atoms with Crippen molar-refractivity contribution >= 4 is 29.2 Å². The van der Waals surface area contributed by atoms with Crippen LogP contribution in [-0.4, -0.2) is 37.6 Å². The molecule has 8 nitrogen and oxygen atoms in total. The highest BCUT2D eigenvalue weighted by molar-refractivity contribution is 6.07. The van der Waals surface area contributed by atoms with Crippen LogP contribution in [0.25, 0.3) is 0 Å². The van der Waals surface area contributed by atoms with Gasteiger partial charge in [0.05, 0.1) is 5.69 Å². The Morgan fingerprint density at radius 3 is 2.50 bits per heavy atom. The lowest BCUT2D eigenvalue weighted by Gasteiger charge is -2.33. The van der Waals surface area contributed by atoms with Crippen LogP contribution in [0.1, 0.15) is 0 Å². The van der Waals surface area contributed by atoms with Crippen LogP contribution in [0.15, 0.2) is 49.1 Å². The molecule has 0 saturated carbocycles. The number of hydrogen-bond donors (Lipinski definition) is 1. The van der Waals surface area contributed by atoms with Gasteiger partial charge in [0.15, 0.2) is 11.6 Å². The van der Waals surface area contributed by atoms with Gasteiger partial charge in [0.1, 0.15) is 12.9 Å². The summed E-state index contributed by atoms with van der Waals surface area (Å²) in [5.74, 6) is 1.28.